The quantitative estimate of drug-likeness (QED) is 0.821. The standard InChI is InChI=1S/C13H16F2N2O3S/c14-10-5-8(16)6-11(15)13(10)21(19,20)7-12(18)17-9-3-1-2-4-9/h5-6,9H,1-4,7,16H2,(H,17,18). The Morgan fingerprint density at radius 3 is 2.29 bits per heavy atom. The number of sulfone groups is 1. The predicted octanol–water partition coefficient (Wildman–Crippen LogP) is 1.38. The molecule has 21 heavy (non-hydrogen) atoms. The summed E-state index contributed by atoms with van der Waals surface area (Å²) in [6.07, 6.45) is 3.52. The molecule has 0 spiro atoms. The molecule has 0 saturated heterocycles. The SMILES string of the molecule is Nc1cc(F)c(S(=O)(=O)CC(=O)NC2CCCC2)c(F)c1. The lowest BCUT2D eigenvalue weighted by molar-refractivity contribution is -0.119. The summed E-state index contributed by atoms with van der Waals surface area (Å²) in [7, 11) is -4.40. The maximum atomic E-state index is 13.6. The number of hydrogen-bond acceptors (Lipinski definition) is 4. The number of anilines is 1. The average Bonchev–Trinajstić information content (AvgIpc) is 2.78. The van der Waals surface area contributed by atoms with Crippen molar-refractivity contribution in [3.8, 4) is 0 Å². The third kappa shape index (κ3) is 3.69. The lowest BCUT2D eigenvalue weighted by Gasteiger charge is -2.12. The van der Waals surface area contributed by atoms with Crippen LogP contribution in [0.3, 0.4) is 0 Å². The fourth-order valence-corrected chi connectivity index (χ4v) is 3.75. The molecule has 1 aromatic carbocycles. The zero-order valence-electron chi connectivity index (χ0n) is 11.2. The summed E-state index contributed by atoms with van der Waals surface area (Å²) in [6, 6.07) is 1.36. The maximum Gasteiger partial charge on any atom is 0.235 e. The first-order chi connectivity index (χ1) is 9.79. The molecule has 1 amide bonds. The first-order valence-electron chi connectivity index (χ1n) is 6.56. The van der Waals surface area contributed by atoms with E-state index in [1.165, 1.54) is 0 Å². The molecule has 8 heteroatoms. The predicted molar refractivity (Wildman–Crippen MR) is 73.2 cm³/mol. The van der Waals surface area contributed by atoms with Gasteiger partial charge in [0.25, 0.3) is 0 Å². The zero-order chi connectivity index (χ0) is 15.6. The Kier molecular flexibility index (Phi) is 4.46. The lowest BCUT2D eigenvalue weighted by atomic mass is 10.2. The van der Waals surface area contributed by atoms with Crippen LogP contribution >= 0.6 is 0 Å². The fraction of sp³-hybridized carbons (Fsp3) is 0.462. The highest BCUT2D eigenvalue weighted by molar-refractivity contribution is 7.92. The first kappa shape index (κ1) is 15.7. The van der Waals surface area contributed by atoms with E-state index >= 15 is 0 Å². The molecule has 2 rings (SSSR count). The van der Waals surface area contributed by atoms with Crippen molar-refractivity contribution >= 4 is 21.4 Å². The molecule has 0 radical (unpaired) electrons. The van der Waals surface area contributed by atoms with Crippen LogP contribution in [0.5, 0.6) is 0 Å². The van der Waals surface area contributed by atoms with Crippen molar-refractivity contribution in [3.63, 3.8) is 0 Å². The van der Waals surface area contributed by atoms with E-state index in [-0.39, 0.29) is 11.7 Å². The maximum absolute atomic E-state index is 13.6. The van der Waals surface area contributed by atoms with Gasteiger partial charge in [-0.05, 0) is 25.0 Å². The second kappa shape index (κ2) is 5.97. The first-order valence-corrected chi connectivity index (χ1v) is 8.21. The number of halogens is 2. The van der Waals surface area contributed by atoms with Gasteiger partial charge in [-0.15, -0.1) is 0 Å². The van der Waals surface area contributed by atoms with Crippen molar-refractivity contribution in [2.24, 2.45) is 0 Å². The Bertz CT molecular complexity index is 632. The van der Waals surface area contributed by atoms with E-state index in [9.17, 15) is 22.0 Å². The molecule has 0 heterocycles. The van der Waals surface area contributed by atoms with Gasteiger partial charge in [-0.3, -0.25) is 4.79 Å². The van der Waals surface area contributed by atoms with Gasteiger partial charge in [-0.25, -0.2) is 17.2 Å². The van der Waals surface area contributed by atoms with Gasteiger partial charge in [-0.2, -0.15) is 0 Å². The minimum atomic E-state index is -4.40. The van der Waals surface area contributed by atoms with E-state index in [2.05, 4.69) is 5.32 Å². The number of carbonyl (C=O) groups is 1. The molecule has 5 nitrogen and oxygen atoms in total. The van der Waals surface area contributed by atoms with Crippen LogP contribution in [0.25, 0.3) is 0 Å². The Morgan fingerprint density at radius 1 is 1.24 bits per heavy atom. The molecule has 1 aliphatic carbocycles. The molecular formula is C13H16F2N2O3S. The molecule has 1 aromatic rings. The Morgan fingerprint density at radius 2 is 1.76 bits per heavy atom. The summed E-state index contributed by atoms with van der Waals surface area (Å²) in [5, 5.41) is 2.57. The summed E-state index contributed by atoms with van der Waals surface area (Å²) in [5.41, 5.74) is 5.00. The molecule has 1 fully saturated rings. The number of hydrogen-bond donors (Lipinski definition) is 2. The van der Waals surface area contributed by atoms with Crippen LogP contribution < -0.4 is 11.1 Å². The fourth-order valence-electron chi connectivity index (χ4n) is 2.46. The molecule has 116 valence electrons. The monoisotopic (exact) mass is 318 g/mol. The number of nitrogens with one attached hydrogen (secondary N) is 1. The molecule has 1 aliphatic rings. The topological polar surface area (TPSA) is 89.3 Å². The molecule has 0 aliphatic heterocycles. The van der Waals surface area contributed by atoms with Gasteiger partial charge in [0.1, 0.15) is 22.3 Å². The molecule has 1 saturated carbocycles. The largest absolute Gasteiger partial charge is 0.399 e. The average molecular weight is 318 g/mol. The van der Waals surface area contributed by atoms with Crippen LogP contribution in [-0.4, -0.2) is 26.1 Å². The second-order valence-electron chi connectivity index (χ2n) is 5.12. The van der Waals surface area contributed by atoms with Gasteiger partial charge >= 0.3 is 0 Å². The number of amides is 1. The van der Waals surface area contributed by atoms with E-state index in [1.807, 2.05) is 0 Å². The van der Waals surface area contributed by atoms with E-state index in [4.69, 9.17) is 5.73 Å². The number of rotatable bonds is 4. The highest BCUT2D eigenvalue weighted by Gasteiger charge is 2.28. The molecule has 0 aromatic heterocycles. The summed E-state index contributed by atoms with van der Waals surface area (Å²) < 4.78 is 51.2. The highest BCUT2D eigenvalue weighted by Crippen LogP contribution is 2.23. The van der Waals surface area contributed by atoms with Crippen molar-refractivity contribution in [2.45, 2.75) is 36.6 Å². The summed E-state index contributed by atoms with van der Waals surface area (Å²) >= 11 is 0. The van der Waals surface area contributed by atoms with Crippen LogP contribution in [0.4, 0.5) is 14.5 Å². The third-order valence-electron chi connectivity index (χ3n) is 3.37. The molecule has 0 unspecified atom stereocenters. The van der Waals surface area contributed by atoms with Crippen LogP contribution in [0.15, 0.2) is 17.0 Å². The van der Waals surface area contributed by atoms with Crippen LogP contribution in [0.2, 0.25) is 0 Å². The summed E-state index contributed by atoms with van der Waals surface area (Å²) in [5.74, 6) is -4.32. The zero-order valence-corrected chi connectivity index (χ0v) is 12.1. The Labute approximate surface area is 121 Å². The number of carbonyl (C=O) groups excluding carboxylic acids is 1. The second-order valence-corrected chi connectivity index (χ2v) is 7.05. The highest BCUT2D eigenvalue weighted by atomic mass is 32.2. The Balaban J connectivity index is 2.16. The van der Waals surface area contributed by atoms with Crippen molar-refractivity contribution in [1.82, 2.24) is 5.32 Å². The van der Waals surface area contributed by atoms with Gasteiger partial charge in [0.15, 0.2) is 9.84 Å². The van der Waals surface area contributed by atoms with Gasteiger partial charge in [0.2, 0.25) is 5.91 Å². The van der Waals surface area contributed by atoms with E-state index in [0.717, 1.165) is 25.7 Å². The molecule has 0 atom stereocenters. The van der Waals surface area contributed by atoms with Crippen LogP contribution in [-0.2, 0) is 14.6 Å². The van der Waals surface area contributed by atoms with Crippen molar-refractivity contribution in [1.29, 1.82) is 0 Å². The van der Waals surface area contributed by atoms with Gasteiger partial charge in [0, 0.05) is 11.7 Å². The third-order valence-corrected chi connectivity index (χ3v) is 5.03. The molecule has 3 N–H and O–H groups in total. The number of benzene rings is 1. The van der Waals surface area contributed by atoms with Crippen LogP contribution in [0, 0.1) is 11.6 Å². The Hall–Kier alpha value is -1.70. The van der Waals surface area contributed by atoms with E-state index < -0.39 is 38.0 Å². The lowest BCUT2D eigenvalue weighted by Crippen LogP contribution is -2.37. The summed E-state index contributed by atoms with van der Waals surface area (Å²) in [6.45, 7) is 0. The summed E-state index contributed by atoms with van der Waals surface area (Å²) in [4.78, 5) is 10.6. The normalized spacial score (nSPS) is 16.1. The van der Waals surface area contributed by atoms with E-state index in [1.54, 1.807) is 0 Å². The minimum absolute atomic E-state index is 0.0613. The van der Waals surface area contributed by atoms with Gasteiger partial charge < -0.3 is 11.1 Å². The van der Waals surface area contributed by atoms with Crippen molar-refractivity contribution < 1.29 is 22.0 Å². The molecule has 0 bridgehead atoms. The number of nitrogens with two attached hydrogens (primary N) is 1. The smallest absolute Gasteiger partial charge is 0.235 e. The van der Waals surface area contributed by atoms with Crippen molar-refractivity contribution in [3.05, 3.63) is 23.8 Å². The molecular weight excluding hydrogens is 302 g/mol. The number of nitrogen functional groups attached to an aromatic ring is 1. The van der Waals surface area contributed by atoms with Crippen LogP contribution in [0.1, 0.15) is 25.7 Å². The minimum Gasteiger partial charge on any atom is -0.399 e. The van der Waals surface area contributed by atoms with Gasteiger partial charge in [0.05, 0.1) is 0 Å². The van der Waals surface area contributed by atoms with Gasteiger partial charge in [-0.1, -0.05) is 12.8 Å². The van der Waals surface area contributed by atoms with E-state index in [0.29, 0.717) is 12.1 Å². The van der Waals surface area contributed by atoms with Crippen molar-refractivity contribution in [2.75, 3.05) is 11.5 Å².